The van der Waals surface area contributed by atoms with Gasteiger partial charge in [0.05, 0.1) is 26.1 Å². The third-order valence-electron chi connectivity index (χ3n) is 7.05. The first-order valence-electron chi connectivity index (χ1n) is 6.88. The highest BCUT2D eigenvalue weighted by atomic mass is 16.5. The van der Waals surface area contributed by atoms with Crippen LogP contribution in [0.15, 0.2) is 0 Å². The number of hydrogen-bond donors (Lipinski definition) is 0. The van der Waals surface area contributed by atoms with Gasteiger partial charge < -0.3 is 9.47 Å². The van der Waals surface area contributed by atoms with Crippen LogP contribution in [0.3, 0.4) is 0 Å². The average molecular weight is 248 g/mol. The van der Waals surface area contributed by atoms with Gasteiger partial charge in [0.25, 0.3) is 0 Å². The molecule has 6 fully saturated rings. The summed E-state index contributed by atoms with van der Waals surface area (Å²) in [7, 11) is 2.86. The molecule has 0 N–H and O–H groups in total. The van der Waals surface area contributed by atoms with Crippen LogP contribution < -0.4 is 0 Å². The number of methoxy groups -OCH3 is 2. The Morgan fingerprint density at radius 1 is 0.611 bits per heavy atom. The predicted molar refractivity (Wildman–Crippen MR) is 58.9 cm³/mol. The lowest BCUT2D eigenvalue weighted by Gasteiger charge is -2.94. The first kappa shape index (κ1) is 9.82. The largest absolute Gasteiger partial charge is 0.469 e. The van der Waals surface area contributed by atoms with Crippen molar-refractivity contribution in [3.8, 4) is 0 Å². The smallest absolute Gasteiger partial charge is 0.309 e. The number of hydrogen-bond acceptors (Lipinski definition) is 4. The molecule has 2 bridgehead atoms. The molecule has 4 nitrogen and oxygen atoms in total. The molecule has 18 heavy (non-hydrogen) atoms. The summed E-state index contributed by atoms with van der Waals surface area (Å²) in [5, 5.41) is 0. The summed E-state index contributed by atoms with van der Waals surface area (Å²) in [6, 6.07) is 0. The molecule has 6 saturated carbocycles. The fourth-order valence-corrected chi connectivity index (χ4v) is 6.87. The molecule has 0 aromatic rings. The van der Waals surface area contributed by atoms with Gasteiger partial charge >= 0.3 is 11.9 Å². The number of ether oxygens (including phenoxy) is 2. The van der Waals surface area contributed by atoms with Gasteiger partial charge in [-0.15, -0.1) is 0 Å². The third-order valence-corrected chi connectivity index (χ3v) is 7.05. The van der Waals surface area contributed by atoms with Gasteiger partial charge in [-0.25, -0.2) is 0 Å². The molecule has 0 heterocycles. The maximum Gasteiger partial charge on any atom is 0.309 e. The third kappa shape index (κ3) is 0.648. The van der Waals surface area contributed by atoms with Gasteiger partial charge in [-0.05, 0) is 47.3 Å². The molecule has 0 aliphatic heterocycles. The summed E-state index contributed by atoms with van der Waals surface area (Å²) >= 11 is 0. The van der Waals surface area contributed by atoms with Crippen LogP contribution in [-0.4, -0.2) is 26.2 Å². The van der Waals surface area contributed by atoms with Crippen molar-refractivity contribution >= 4 is 11.9 Å². The molecule has 0 aromatic carbocycles. The second kappa shape index (κ2) is 2.61. The maximum absolute atomic E-state index is 12.1. The second-order valence-electron chi connectivity index (χ2n) is 6.72. The van der Waals surface area contributed by atoms with E-state index in [1.165, 1.54) is 14.2 Å². The summed E-state index contributed by atoms with van der Waals surface area (Å²) in [5.74, 6) is 4.81. The van der Waals surface area contributed by atoms with Crippen molar-refractivity contribution in [2.24, 2.45) is 59.2 Å². The minimum Gasteiger partial charge on any atom is -0.469 e. The van der Waals surface area contributed by atoms with Crippen LogP contribution >= 0.6 is 0 Å². The highest BCUT2D eigenvalue weighted by Gasteiger charge is 2.92. The zero-order valence-electron chi connectivity index (χ0n) is 10.4. The van der Waals surface area contributed by atoms with E-state index >= 15 is 0 Å². The monoisotopic (exact) mass is 248 g/mol. The minimum atomic E-state index is -0.215. The van der Waals surface area contributed by atoms with Crippen molar-refractivity contribution < 1.29 is 19.1 Å². The fraction of sp³-hybridized carbons (Fsp3) is 0.857. The topological polar surface area (TPSA) is 52.6 Å². The molecule has 0 aromatic heterocycles. The van der Waals surface area contributed by atoms with E-state index in [4.69, 9.17) is 9.47 Å². The SMILES string of the molecule is COC(=O)[C@@H]1C2[C@H]3C4C5[C@@H]3C([C@@H]5[C@@H]42)[C@@H]1C(=O)OC. The number of esters is 2. The van der Waals surface area contributed by atoms with Gasteiger partial charge in [-0.2, -0.15) is 0 Å². The van der Waals surface area contributed by atoms with Crippen molar-refractivity contribution in [1.82, 2.24) is 0 Å². The average Bonchev–Trinajstić information content (AvgIpc) is 2.36. The van der Waals surface area contributed by atoms with Crippen molar-refractivity contribution in [3.63, 3.8) is 0 Å². The lowest BCUT2D eigenvalue weighted by Crippen LogP contribution is -2.93. The predicted octanol–water partition coefficient (Wildman–Crippen LogP) is 0.562. The molecular formula is C14H16O4. The minimum absolute atomic E-state index is 0.189. The highest BCUT2D eigenvalue weighted by Crippen LogP contribution is 2.93. The van der Waals surface area contributed by atoms with E-state index in [-0.39, 0.29) is 23.8 Å². The van der Waals surface area contributed by atoms with Crippen LogP contribution in [-0.2, 0) is 19.1 Å². The maximum atomic E-state index is 12.1. The van der Waals surface area contributed by atoms with Gasteiger partial charge in [-0.3, -0.25) is 9.59 Å². The van der Waals surface area contributed by atoms with E-state index in [2.05, 4.69) is 0 Å². The molecule has 6 rings (SSSR count). The van der Waals surface area contributed by atoms with Crippen LogP contribution in [0.1, 0.15) is 0 Å². The summed E-state index contributed by atoms with van der Waals surface area (Å²) in [6.45, 7) is 0. The lowest BCUT2D eigenvalue weighted by atomic mass is 9.09. The van der Waals surface area contributed by atoms with Crippen LogP contribution in [0.25, 0.3) is 0 Å². The molecule has 6 aliphatic carbocycles. The second-order valence-corrected chi connectivity index (χ2v) is 6.72. The Morgan fingerprint density at radius 3 is 1.17 bits per heavy atom. The fourth-order valence-electron chi connectivity index (χ4n) is 6.87. The number of rotatable bonds is 2. The standard InChI is InChI=1S/C14H16O4/c1-17-13(15)11-9-5-3-4-7(5)10(8(4)6(3)9)12(11)14(16)18-2/h3-12H,1-2H3/t3?,4?,5-,6-,7-,8+,9?,10?,11-,12+/m0/s1. The lowest BCUT2D eigenvalue weighted by molar-refractivity contribution is -0.479. The Bertz CT molecular complexity index is 422. The molecule has 0 spiro atoms. The van der Waals surface area contributed by atoms with E-state index in [0.717, 1.165) is 35.5 Å². The molecule has 96 valence electrons. The molecule has 4 heteroatoms. The summed E-state index contributed by atoms with van der Waals surface area (Å²) in [5.41, 5.74) is 0. The van der Waals surface area contributed by atoms with Gasteiger partial charge in [0.15, 0.2) is 0 Å². The van der Waals surface area contributed by atoms with Crippen molar-refractivity contribution in [2.75, 3.05) is 14.2 Å². The van der Waals surface area contributed by atoms with Crippen LogP contribution in [0.2, 0.25) is 0 Å². The zero-order valence-corrected chi connectivity index (χ0v) is 10.4. The Hall–Kier alpha value is -1.06. The Kier molecular flexibility index (Phi) is 1.42. The van der Waals surface area contributed by atoms with E-state index < -0.39 is 0 Å². The van der Waals surface area contributed by atoms with Gasteiger partial charge in [0.1, 0.15) is 0 Å². The van der Waals surface area contributed by atoms with Crippen molar-refractivity contribution in [2.45, 2.75) is 0 Å². The highest BCUT2D eigenvalue weighted by molar-refractivity contribution is 5.84. The first-order valence-corrected chi connectivity index (χ1v) is 6.88. The van der Waals surface area contributed by atoms with E-state index in [1.807, 2.05) is 0 Å². The Labute approximate surface area is 105 Å². The Balaban J connectivity index is 1.56. The molecule has 0 saturated heterocycles. The van der Waals surface area contributed by atoms with Crippen molar-refractivity contribution in [3.05, 3.63) is 0 Å². The number of carbonyl (C=O) groups excluding carboxylic acids is 2. The zero-order chi connectivity index (χ0) is 12.3. The quantitative estimate of drug-likeness (QED) is 0.670. The Morgan fingerprint density at radius 2 is 0.889 bits per heavy atom. The summed E-state index contributed by atoms with van der Waals surface area (Å²) < 4.78 is 9.90. The van der Waals surface area contributed by atoms with Crippen LogP contribution in [0.4, 0.5) is 0 Å². The molecule has 0 radical (unpaired) electrons. The summed E-state index contributed by atoms with van der Waals surface area (Å²) in [4.78, 5) is 24.1. The van der Waals surface area contributed by atoms with E-state index in [1.54, 1.807) is 0 Å². The molecule has 10 atom stereocenters. The number of carbonyl (C=O) groups is 2. The molecule has 0 amide bonds. The van der Waals surface area contributed by atoms with Crippen LogP contribution in [0.5, 0.6) is 0 Å². The molecule has 6 aliphatic rings. The normalized spacial score (nSPS) is 63.4. The molecular weight excluding hydrogens is 232 g/mol. The van der Waals surface area contributed by atoms with Gasteiger partial charge in [-0.1, -0.05) is 0 Å². The summed E-state index contributed by atoms with van der Waals surface area (Å²) in [6.07, 6.45) is 0. The number of fused-ring (bicyclic) bond motifs is 1. The van der Waals surface area contributed by atoms with Crippen molar-refractivity contribution in [1.29, 1.82) is 0 Å². The molecule has 4 unspecified atom stereocenters. The van der Waals surface area contributed by atoms with E-state index in [0.29, 0.717) is 11.8 Å². The van der Waals surface area contributed by atoms with Gasteiger partial charge in [0, 0.05) is 0 Å². The first-order chi connectivity index (χ1) is 8.72. The van der Waals surface area contributed by atoms with Crippen LogP contribution in [0, 0.1) is 59.2 Å². The van der Waals surface area contributed by atoms with Gasteiger partial charge in [0.2, 0.25) is 0 Å². The van der Waals surface area contributed by atoms with E-state index in [9.17, 15) is 9.59 Å².